The Balaban J connectivity index is 2.48. The smallest absolute Gasteiger partial charge is 0.218 e. The first-order chi connectivity index (χ1) is 12.1. The molecule has 0 bridgehead atoms. The average Bonchev–Trinajstić information content (AvgIpc) is 2.64. The van der Waals surface area contributed by atoms with E-state index in [1.807, 2.05) is 0 Å². The predicted molar refractivity (Wildman–Crippen MR) is 83.8 cm³/mol. The van der Waals surface area contributed by atoms with E-state index < -0.39 is 11.6 Å². The molecule has 1 heterocycles. The minimum absolute atomic E-state index is 0.00754. The molecule has 0 fully saturated rings. The van der Waals surface area contributed by atoms with Gasteiger partial charge >= 0.3 is 0 Å². The lowest BCUT2D eigenvalue weighted by Gasteiger charge is -2.13. The fourth-order valence-electron chi connectivity index (χ4n) is 1.99. The predicted octanol–water partition coefficient (Wildman–Crippen LogP) is 2.29. The molecule has 0 N–H and O–H groups in total. The van der Waals surface area contributed by atoms with Gasteiger partial charge in [-0.2, -0.15) is 5.26 Å². The van der Waals surface area contributed by atoms with Gasteiger partial charge in [-0.1, -0.05) is 0 Å². The fraction of sp³-hybridized carbons (Fsp3) is 0.235. The molecule has 0 amide bonds. The monoisotopic (exact) mass is 346 g/mol. The van der Waals surface area contributed by atoms with E-state index in [2.05, 4.69) is 4.98 Å². The number of rotatable bonds is 8. The minimum atomic E-state index is -0.842. The molecule has 0 aliphatic rings. The Morgan fingerprint density at radius 3 is 2.52 bits per heavy atom. The Hall–Kier alpha value is -3.02. The maximum Gasteiger partial charge on any atom is 0.218 e. The second-order valence-electron chi connectivity index (χ2n) is 4.72. The van der Waals surface area contributed by atoms with Gasteiger partial charge in [0, 0.05) is 26.5 Å². The lowest BCUT2D eigenvalue weighted by molar-refractivity contribution is 0.0492. The molecule has 0 saturated heterocycles. The van der Waals surface area contributed by atoms with Gasteiger partial charge in [-0.15, -0.1) is 0 Å². The van der Waals surface area contributed by atoms with Crippen LogP contribution < -0.4 is 9.47 Å². The van der Waals surface area contributed by atoms with E-state index in [-0.39, 0.29) is 41.9 Å². The maximum atomic E-state index is 14.0. The lowest BCUT2D eigenvalue weighted by atomic mass is 10.0. The van der Waals surface area contributed by atoms with Crippen LogP contribution in [0.15, 0.2) is 30.5 Å². The molecule has 1 aromatic carbocycles. The molecule has 0 aliphatic heterocycles. The van der Waals surface area contributed by atoms with Crippen LogP contribution in [0.5, 0.6) is 11.5 Å². The number of nitrogens with zero attached hydrogens (tertiary/aromatic N) is 2. The number of carbonyl (C=O) groups is 1. The van der Waals surface area contributed by atoms with Crippen molar-refractivity contribution in [2.24, 2.45) is 0 Å². The minimum Gasteiger partial charge on any atom is -0.467 e. The van der Waals surface area contributed by atoms with Gasteiger partial charge in [-0.05, 0) is 18.2 Å². The normalized spacial score (nSPS) is 10.2. The molecule has 130 valence electrons. The van der Waals surface area contributed by atoms with Crippen LogP contribution in [0.4, 0.5) is 4.39 Å². The zero-order chi connectivity index (χ0) is 18.2. The van der Waals surface area contributed by atoms with Crippen LogP contribution >= 0.6 is 0 Å². The molecule has 25 heavy (non-hydrogen) atoms. The maximum absolute atomic E-state index is 14.0. The summed E-state index contributed by atoms with van der Waals surface area (Å²) in [5, 5.41) is 8.95. The van der Waals surface area contributed by atoms with Crippen LogP contribution in [0.25, 0.3) is 0 Å². The Morgan fingerprint density at radius 1 is 1.20 bits per heavy atom. The van der Waals surface area contributed by atoms with Gasteiger partial charge in [-0.3, -0.25) is 4.79 Å². The second kappa shape index (κ2) is 8.73. The summed E-state index contributed by atoms with van der Waals surface area (Å²) in [5.41, 5.74) is -0.389. The third kappa shape index (κ3) is 4.29. The first-order valence-electron chi connectivity index (χ1n) is 7.09. The first kappa shape index (κ1) is 18.3. The number of benzene rings is 1. The van der Waals surface area contributed by atoms with Crippen molar-refractivity contribution >= 4 is 5.78 Å². The highest BCUT2D eigenvalue weighted by molar-refractivity contribution is 6.11. The summed E-state index contributed by atoms with van der Waals surface area (Å²) in [4.78, 5) is 16.8. The van der Waals surface area contributed by atoms with Gasteiger partial charge in [-0.25, -0.2) is 9.37 Å². The highest BCUT2D eigenvalue weighted by Crippen LogP contribution is 2.28. The number of aromatic nitrogens is 1. The molecule has 0 atom stereocenters. The molecule has 8 heteroatoms. The second-order valence-corrected chi connectivity index (χ2v) is 4.72. The molecule has 2 aromatic rings. The van der Waals surface area contributed by atoms with Crippen molar-refractivity contribution in [2.75, 3.05) is 27.8 Å². The van der Waals surface area contributed by atoms with Crippen LogP contribution in [-0.2, 0) is 9.47 Å². The lowest BCUT2D eigenvalue weighted by Crippen LogP contribution is -2.12. The Kier molecular flexibility index (Phi) is 6.39. The SMILES string of the molecule is COCOc1cc(C#N)c(F)cc1C(=O)c1ncccc1OCOC. The standard InChI is InChI=1S/C17H15FN2O5/c1-22-9-24-14-4-3-5-20-16(14)17(21)12-7-13(18)11(8-19)6-15(12)25-10-23-2/h3-7H,9-10H2,1-2H3. The number of hydrogen-bond acceptors (Lipinski definition) is 7. The zero-order valence-corrected chi connectivity index (χ0v) is 13.6. The first-order valence-corrected chi connectivity index (χ1v) is 7.09. The molecule has 0 saturated carbocycles. The molecular formula is C17H15FN2O5. The van der Waals surface area contributed by atoms with Gasteiger partial charge < -0.3 is 18.9 Å². The Labute approximate surface area is 143 Å². The van der Waals surface area contributed by atoms with Crippen LogP contribution in [-0.4, -0.2) is 38.6 Å². The summed E-state index contributed by atoms with van der Waals surface area (Å²) in [6, 6.07) is 6.89. The third-order valence-corrected chi connectivity index (χ3v) is 3.08. The summed E-state index contributed by atoms with van der Waals surface area (Å²) in [5.74, 6) is -1.28. The van der Waals surface area contributed by atoms with Gasteiger partial charge in [0.2, 0.25) is 5.78 Å². The van der Waals surface area contributed by atoms with Crippen molar-refractivity contribution in [1.82, 2.24) is 4.98 Å². The van der Waals surface area contributed by atoms with E-state index in [0.717, 1.165) is 12.1 Å². The Morgan fingerprint density at radius 2 is 1.88 bits per heavy atom. The fourth-order valence-corrected chi connectivity index (χ4v) is 1.99. The van der Waals surface area contributed by atoms with Crippen molar-refractivity contribution in [3.8, 4) is 17.6 Å². The van der Waals surface area contributed by atoms with Crippen LogP contribution in [0.2, 0.25) is 0 Å². The molecule has 0 radical (unpaired) electrons. The topological polar surface area (TPSA) is 90.7 Å². The number of carbonyl (C=O) groups excluding carboxylic acids is 1. The van der Waals surface area contributed by atoms with E-state index >= 15 is 0 Å². The van der Waals surface area contributed by atoms with Crippen molar-refractivity contribution in [3.05, 3.63) is 53.1 Å². The van der Waals surface area contributed by atoms with Crippen molar-refractivity contribution in [3.63, 3.8) is 0 Å². The number of ketones is 1. The number of hydrogen-bond donors (Lipinski definition) is 0. The van der Waals surface area contributed by atoms with Gasteiger partial charge in [0.25, 0.3) is 0 Å². The summed E-state index contributed by atoms with van der Waals surface area (Å²) in [7, 11) is 2.83. The van der Waals surface area contributed by atoms with E-state index in [9.17, 15) is 9.18 Å². The zero-order valence-electron chi connectivity index (χ0n) is 13.6. The number of ether oxygens (including phenoxy) is 4. The Bertz CT molecular complexity index is 804. The van der Waals surface area contributed by atoms with Gasteiger partial charge in [0.05, 0.1) is 11.1 Å². The van der Waals surface area contributed by atoms with Crippen molar-refractivity contribution < 1.29 is 28.1 Å². The summed E-state index contributed by atoms with van der Waals surface area (Å²) in [6.45, 7) is -0.257. The van der Waals surface area contributed by atoms with Crippen LogP contribution in [0, 0.1) is 17.1 Å². The van der Waals surface area contributed by atoms with Crippen LogP contribution in [0.3, 0.4) is 0 Å². The molecule has 0 aliphatic carbocycles. The number of halogens is 1. The molecular weight excluding hydrogens is 331 g/mol. The molecule has 2 rings (SSSR count). The summed E-state index contributed by atoms with van der Waals surface area (Å²) < 4.78 is 34.2. The highest BCUT2D eigenvalue weighted by atomic mass is 19.1. The van der Waals surface area contributed by atoms with Crippen LogP contribution in [0.1, 0.15) is 21.6 Å². The van der Waals surface area contributed by atoms with E-state index in [0.29, 0.717) is 0 Å². The average molecular weight is 346 g/mol. The largest absolute Gasteiger partial charge is 0.467 e. The number of nitriles is 1. The third-order valence-electron chi connectivity index (χ3n) is 3.08. The van der Waals surface area contributed by atoms with Crippen molar-refractivity contribution in [1.29, 1.82) is 5.26 Å². The van der Waals surface area contributed by atoms with E-state index in [1.54, 1.807) is 12.1 Å². The highest BCUT2D eigenvalue weighted by Gasteiger charge is 2.22. The molecule has 0 spiro atoms. The summed E-state index contributed by atoms with van der Waals surface area (Å²) >= 11 is 0. The number of methoxy groups -OCH3 is 2. The van der Waals surface area contributed by atoms with E-state index in [4.69, 9.17) is 24.2 Å². The summed E-state index contributed by atoms with van der Waals surface area (Å²) in [6.07, 6.45) is 1.41. The molecule has 0 unspecified atom stereocenters. The molecule has 1 aromatic heterocycles. The number of pyridine rings is 1. The van der Waals surface area contributed by atoms with Crippen molar-refractivity contribution in [2.45, 2.75) is 0 Å². The van der Waals surface area contributed by atoms with Gasteiger partial charge in [0.1, 0.15) is 17.6 Å². The van der Waals surface area contributed by atoms with E-state index in [1.165, 1.54) is 26.5 Å². The molecule has 7 nitrogen and oxygen atoms in total. The quantitative estimate of drug-likeness (QED) is 0.535. The van der Waals surface area contributed by atoms with Gasteiger partial charge in [0.15, 0.2) is 25.0 Å².